The van der Waals surface area contributed by atoms with Crippen molar-refractivity contribution in [3.63, 3.8) is 0 Å². The Balaban J connectivity index is 2.45. The van der Waals surface area contributed by atoms with Gasteiger partial charge in [-0.3, -0.25) is 15.5 Å². The van der Waals surface area contributed by atoms with Crippen LogP contribution in [0.1, 0.15) is 5.56 Å². The fraction of sp³-hybridized carbons (Fsp3) is 0.0769. The molecule has 0 saturated heterocycles. The van der Waals surface area contributed by atoms with Gasteiger partial charge in [0.2, 0.25) is 0 Å². The maximum Gasteiger partial charge on any atom is 0.270 e. The third kappa shape index (κ3) is 3.23. The number of fused-ring (bicyclic) bond motifs is 1. The average molecular weight is 304 g/mol. The maximum atomic E-state index is 10.8. The number of hydrogen-bond donors (Lipinski definition) is 3. The van der Waals surface area contributed by atoms with Crippen molar-refractivity contribution in [2.75, 3.05) is 7.05 Å². The third-order valence-corrected chi connectivity index (χ3v) is 3.12. The van der Waals surface area contributed by atoms with Crippen molar-refractivity contribution in [2.45, 2.75) is 0 Å². The topological polar surface area (TPSA) is 99.8 Å². The molecule has 0 saturated carbocycles. The van der Waals surface area contributed by atoms with Gasteiger partial charge in [-0.05, 0) is 35.1 Å². The molecule has 2 rings (SSSR count). The van der Waals surface area contributed by atoms with E-state index in [9.17, 15) is 15.2 Å². The lowest BCUT2D eigenvalue weighted by Crippen LogP contribution is -2.28. The molecule has 0 radical (unpaired) electrons. The molecule has 0 spiro atoms. The highest BCUT2D eigenvalue weighted by Crippen LogP contribution is 2.28. The van der Waals surface area contributed by atoms with Crippen LogP contribution in [0.3, 0.4) is 0 Å². The number of non-ortho nitro benzene ring substituents is 1. The molecule has 21 heavy (non-hydrogen) atoms. The van der Waals surface area contributed by atoms with Crippen LogP contribution in [0.5, 0.6) is 5.75 Å². The first-order valence-corrected chi connectivity index (χ1v) is 6.34. The molecule has 0 aliphatic carbocycles. The number of benzene rings is 2. The standard InChI is InChI=1S/C13H12N4O3S/c1-14-13(21)16-15-7-11-10-4-3-9(17(19)20)6-8(10)2-5-12(11)18/h2-7,18H,1H3,(H2,14,16,21). The van der Waals surface area contributed by atoms with Crippen LogP contribution in [0.25, 0.3) is 10.8 Å². The molecule has 8 heteroatoms. The quantitative estimate of drug-likeness (QED) is 0.346. The number of thiocarbonyl (C=S) groups is 1. The molecule has 0 unspecified atom stereocenters. The second-order valence-electron chi connectivity index (χ2n) is 4.11. The van der Waals surface area contributed by atoms with E-state index in [4.69, 9.17) is 12.2 Å². The highest BCUT2D eigenvalue weighted by molar-refractivity contribution is 7.80. The summed E-state index contributed by atoms with van der Waals surface area (Å²) in [6, 6.07) is 7.47. The van der Waals surface area contributed by atoms with Crippen molar-refractivity contribution in [3.8, 4) is 5.75 Å². The van der Waals surface area contributed by atoms with E-state index in [1.54, 1.807) is 19.2 Å². The van der Waals surface area contributed by atoms with Crippen molar-refractivity contribution in [1.82, 2.24) is 10.7 Å². The molecule has 0 atom stereocenters. The predicted molar refractivity (Wildman–Crippen MR) is 84.7 cm³/mol. The van der Waals surface area contributed by atoms with E-state index >= 15 is 0 Å². The van der Waals surface area contributed by atoms with Gasteiger partial charge in [-0.1, -0.05) is 6.07 Å². The van der Waals surface area contributed by atoms with Gasteiger partial charge in [0.1, 0.15) is 5.75 Å². The zero-order chi connectivity index (χ0) is 15.4. The maximum absolute atomic E-state index is 10.8. The van der Waals surface area contributed by atoms with Crippen molar-refractivity contribution >= 4 is 40.0 Å². The van der Waals surface area contributed by atoms with Crippen LogP contribution in [0.15, 0.2) is 35.4 Å². The summed E-state index contributed by atoms with van der Waals surface area (Å²) in [5.74, 6) is 0.0253. The van der Waals surface area contributed by atoms with E-state index in [2.05, 4.69) is 15.8 Å². The number of aromatic hydroxyl groups is 1. The first-order valence-electron chi connectivity index (χ1n) is 5.94. The van der Waals surface area contributed by atoms with Gasteiger partial charge >= 0.3 is 0 Å². The molecule has 0 heterocycles. The van der Waals surface area contributed by atoms with Crippen LogP contribution >= 0.6 is 12.2 Å². The van der Waals surface area contributed by atoms with E-state index in [1.807, 2.05) is 0 Å². The van der Waals surface area contributed by atoms with Crippen molar-refractivity contribution < 1.29 is 10.0 Å². The van der Waals surface area contributed by atoms with E-state index < -0.39 is 4.92 Å². The SMILES string of the molecule is CNC(=S)NN=Cc1c(O)ccc2cc([N+](=O)[O-])ccc12. The lowest BCUT2D eigenvalue weighted by molar-refractivity contribution is -0.384. The molecule has 2 aromatic carbocycles. The van der Waals surface area contributed by atoms with Gasteiger partial charge in [0, 0.05) is 24.7 Å². The number of hydrazone groups is 1. The van der Waals surface area contributed by atoms with E-state index in [0.717, 1.165) is 0 Å². The Kier molecular flexibility index (Phi) is 4.29. The molecule has 0 fully saturated rings. The molecular weight excluding hydrogens is 292 g/mol. The summed E-state index contributed by atoms with van der Waals surface area (Å²) in [5.41, 5.74) is 3.02. The number of nitro groups is 1. The van der Waals surface area contributed by atoms with Crippen LogP contribution in [0.2, 0.25) is 0 Å². The van der Waals surface area contributed by atoms with Gasteiger partial charge in [-0.15, -0.1) is 0 Å². The van der Waals surface area contributed by atoms with Crippen LogP contribution in [-0.2, 0) is 0 Å². The Hall–Kier alpha value is -2.74. The molecule has 0 aliphatic heterocycles. The fourth-order valence-electron chi connectivity index (χ4n) is 1.79. The molecule has 0 aromatic heterocycles. The average Bonchev–Trinajstić information content (AvgIpc) is 2.48. The summed E-state index contributed by atoms with van der Waals surface area (Å²) < 4.78 is 0. The van der Waals surface area contributed by atoms with Gasteiger partial charge in [-0.2, -0.15) is 5.10 Å². The summed E-state index contributed by atoms with van der Waals surface area (Å²) in [7, 11) is 1.65. The number of rotatable bonds is 3. The smallest absolute Gasteiger partial charge is 0.270 e. The first-order chi connectivity index (χ1) is 10.0. The second kappa shape index (κ2) is 6.14. The van der Waals surface area contributed by atoms with E-state index in [0.29, 0.717) is 21.4 Å². The number of phenols is 1. The Morgan fingerprint density at radius 2 is 2.19 bits per heavy atom. The van der Waals surface area contributed by atoms with Gasteiger partial charge < -0.3 is 10.4 Å². The molecule has 0 amide bonds. The third-order valence-electron chi connectivity index (χ3n) is 2.82. The molecular formula is C13H12N4O3S. The molecule has 108 valence electrons. The van der Waals surface area contributed by atoms with Crippen LogP contribution in [-0.4, -0.2) is 28.4 Å². The predicted octanol–water partition coefficient (Wildman–Crippen LogP) is 1.88. The Labute approximate surface area is 125 Å². The number of nitro benzene ring substituents is 1. The lowest BCUT2D eigenvalue weighted by Gasteiger charge is -2.05. The zero-order valence-electron chi connectivity index (χ0n) is 11.0. The highest BCUT2D eigenvalue weighted by atomic mass is 32.1. The first kappa shape index (κ1) is 14.7. The number of nitrogens with zero attached hydrogens (tertiary/aromatic N) is 2. The number of phenolic OH excluding ortho intramolecular Hbond substituents is 1. The fourth-order valence-corrected chi connectivity index (χ4v) is 1.84. The van der Waals surface area contributed by atoms with Crippen molar-refractivity contribution in [3.05, 3.63) is 46.0 Å². The van der Waals surface area contributed by atoms with Crippen LogP contribution in [0, 0.1) is 10.1 Å². The molecule has 2 aromatic rings. The minimum absolute atomic E-state index is 0.00874. The monoisotopic (exact) mass is 304 g/mol. The molecule has 3 N–H and O–H groups in total. The van der Waals surface area contributed by atoms with Gasteiger partial charge in [0.25, 0.3) is 5.69 Å². The largest absolute Gasteiger partial charge is 0.507 e. The Bertz CT molecular complexity index is 746. The summed E-state index contributed by atoms with van der Waals surface area (Å²) >= 11 is 4.87. The lowest BCUT2D eigenvalue weighted by atomic mass is 10.0. The van der Waals surface area contributed by atoms with E-state index in [1.165, 1.54) is 24.4 Å². The number of nitrogens with one attached hydrogen (secondary N) is 2. The van der Waals surface area contributed by atoms with Crippen LogP contribution < -0.4 is 10.7 Å². The van der Waals surface area contributed by atoms with Gasteiger partial charge in [-0.25, -0.2) is 0 Å². The normalized spacial score (nSPS) is 10.7. The number of hydrogen-bond acceptors (Lipinski definition) is 5. The van der Waals surface area contributed by atoms with Gasteiger partial charge in [0.15, 0.2) is 5.11 Å². The minimum Gasteiger partial charge on any atom is -0.507 e. The minimum atomic E-state index is -0.465. The molecule has 0 aliphatic rings. The highest BCUT2D eigenvalue weighted by Gasteiger charge is 2.10. The Morgan fingerprint density at radius 1 is 1.43 bits per heavy atom. The van der Waals surface area contributed by atoms with Crippen molar-refractivity contribution in [1.29, 1.82) is 0 Å². The second-order valence-corrected chi connectivity index (χ2v) is 4.52. The molecule has 7 nitrogen and oxygen atoms in total. The van der Waals surface area contributed by atoms with E-state index in [-0.39, 0.29) is 11.4 Å². The Morgan fingerprint density at radius 3 is 2.86 bits per heavy atom. The summed E-state index contributed by atoms with van der Waals surface area (Å²) in [6.45, 7) is 0. The van der Waals surface area contributed by atoms with Gasteiger partial charge in [0.05, 0.1) is 11.1 Å². The van der Waals surface area contributed by atoms with Crippen molar-refractivity contribution in [2.24, 2.45) is 5.10 Å². The summed E-state index contributed by atoms with van der Waals surface area (Å²) in [6.07, 6.45) is 1.41. The zero-order valence-corrected chi connectivity index (χ0v) is 11.8. The summed E-state index contributed by atoms with van der Waals surface area (Å²) in [4.78, 5) is 10.3. The van der Waals surface area contributed by atoms with Crippen LogP contribution in [0.4, 0.5) is 5.69 Å². The summed E-state index contributed by atoms with van der Waals surface area (Å²) in [5, 5.41) is 28.9. The molecule has 0 bridgehead atoms.